The molecule has 1 amide bonds. The number of aryl methyl sites for hydroxylation is 2. The first-order valence-electron chi connectivity index (χ1n) is 9.38. The van der Waals surface area contributed by atoms with E-state index in [0.717, 1.165) is 26.9 Å². The van der Waals surface area contributed by atoms with Gasteiger partial charge in [0, 0.05) is 46.3 Å². The molecule has 0 unspecified atom stereocenters. The predicted octanol–water partition coefficient (Wildman–Crippen LogP) is 5.55. The highest BCUT2D eigenvalue weighted by molar-refractivity contribution is 9.10. The second kappa shape index (κ2) is 8.51. The Balaban J connectivity index is 1.72. The third-order valence-corrected chi connectivity index (χ3v) is 5.15. The molecule has 7 heteroatoms. The lowest BCUT2D eigenvalue weighted by molar-refractivity contribution is 0.102. The number of nitrogens with one attached hydrogen (secondary N) is 2. The summed E-state index contributed by atoms with van der Waals surface area (Å²) in [5.74, 6) is 0.356. The zero-order valence-corrected chi connectivity index (χ0v) is 18.1. The Hall–Kier alpha value is -3.45. The quantitative estimate of drug-likeness (QED) is 0.408. The van der Waals surface area contributed by atoms with E-state index in [1.54, 1.807) is 29.2 Å². The third-order valence-electron chi connectivity index (χ3n) is 4.66. The summed E-state index contributed by atoms with van der Waals surface area (Å²) in [6, 6.07) is 17.1. The fourth-order valence-electron chi connectivity index (χ4n) is 3.05. The molecular formula is C23H20BrN5O. The van der Waals surface area contributed by atoms with E-state index < -0.39 is 0 Å². The van der Waals surface area contributed by atoms with Crippen molar-refractivity contribution in [1.82, 2.24) is 14.8 Å². The number of pyridine rings is 1. The van der Waals surface area contributed by atoms with Crippen molar-refractivity contribution in [3.63, 3.8) is 0 Å². The molecule has 2 heterocycles. The zero-order valence-electron chi connectivity index (χ0n) is 16.6. The van der Waals surface area contributed by atoms with Crippen LogP contribution in [0.5, 0.6) is 0 Å². The van der Waals surface area contributed by atoms with E-state index in [0.29, 0.717) is 17.1 Å². The number of halogens is 1. The highest BCUT2D eigenvalue weighted by Gasteiger charge is 2.14. The molecule has 0 bridgehead atoms. The van der Waals surface area contributed by atoms with Crippen molar-refractivity contribution in [2.24, 2.45) is 7.05 Å². The van der Waals surface area contributed by atoms with E-state index in [1.807, 2.05) is 62.6 Å². The Kier molecular flexibility index (Phi) is 5.63. The number of hydrogen-bond acceptors (Lipinski definition) is 4. The van der Waals surface area contributed by atoms with E-state index in [-0.39, 0.29) is 5.91 Å². The Labute approximate surface area is 183 Å². The van der Waals surface area contributed by atoms with Crippen LogP contribution in [0.25, 0.3) is 11.1 Å². The van der Waals surface area contributed by atoms with Gasteiger partial charge in [0.2, 0.25) is 0 Å². The first kappa shape index (κ1) is 19.8. The second-order valence-electron chi connectivity index (χ2n) is 6.93. The van der Waals surface area contributed by atoms with Gasteiger partial charge in [-0.05, 0) is 42.8 Å². The third kappa shape index (κ3) is 4.41. The van der Waals surface area contributed by atoms with E-state index in [4.69, 9.17) is 0 Å². The van der Waals surface area contributed by atoms with Gasteiger partial charge in [-0.1, -0.05) is 40.2 Å². The van der Waals surface area contributed by atoms with Crippen molar-refractivity contribution in [3.05, 3.63) is 88.8 Å². The van der Waals surface area contributed by atoms with Crippen molar-refractivity contribution in [2.75, 3.05) is 10.6 Å². The summed E-state index contributed by atoms with van der Waals surface area (Å²) in [4.78, 5) is 17.5. The van der Waals surface area contributed by atoms with Gasteiger partial charge in [-0.25, -0.2) is 4.98 Å². The lowest BCUT2D eigenvalue weighted by Gasteiger charge is -2.15. The Morgan fingerprint density at radius 1 is 1.00 bits per heavy atom. The SMILES string of the molecule is Cc1ccccc1Nc1ncc(-c2cnn(C)c2)cc1NC(=O)c1cccc(Br)c1. The molecule has 2 aromatic heterocycles. The van der Waals surface area contributed by atoms with E-state index in [9.17, 15) is 4.79 Å². The maximum absolute atomic E-state index is 12.9. The number of carbonyl (C=O) groups excluding carboxylic acids is 1. The molecule has 2 N–H and O–H groups in total. The van der Waals surface area contributed by atoms with Gasteiger partial charge >= 0.3 is 0 Å². The van der Waals surface area contributed by atoms with Crippen molar-refractivity contribution in [2.45, 2.75) is 6.92 Å². The summed E-state index contributed by atoms with van der Waals surface area (Å²) in [6.45, 7) is 2.02. The van der Waals surface area contributed by atoms with Gasteiger partial charge in [0.05, 0.1) is 11.9 Å². The molecule has 0 fully saturated rings. The molecule has 30 heavy (non-hydrogen) atoms. The average molecular weight is 462 g/mol. The van der Waals surface area contributed by atoms with Crippen LogP contribution in [-0.4, -0.2) is 20.7 Å². The lowest BCUT2D eigenvalue weighted by Crippen LogP contribution is -2.14. The molecule has 2 aromatic carbocycles. The van der Waals surface area contributed by atoms with Crippen molar-refractivity contribution in [1.29, 1.82) is 0 Å². The number of rotatable bonds is 5. The minimum Gasteiger partial charge on any atom is -0.338 e. The first-order chi connectivity index (χ1) is 14.5. The number of nitrogens with zero attached hydrogens (tertiary/aromatic N) is 3. The number of amides is 1. The second-order valence-corrected chi connectivity index (χ2v) is 7.84. The summed E-state index contributed by atoms with van der Waals surface area (Å²) in [7, 11) is 1.86. The smallest absolute Gasteiger partial charge is 0.255 e. The van der Waals surface area contributed by atoms with Crippen LogP contribution in [0.2, 0.25) is 0 Å². The van der Waals surface area contributed by atoms with Crippen LogP contribution in [0.4, 0.5) is 17.2 Å². The normalized spacial score (nSPS) is 10.6. The van der Waals surface area contributed by atoms with Crippen LogP contribution in [-0.2, 0) is 7.05 Å². The Morgan fingerprint density at radius 3 is 2.57 bits per heavy atom. The molecular weight excluding hydrogens is 442 g/mol. The number of carbonyl (C=O) groups is 1. The molecule has 0 aliphatic rings. The molecule has 0 aliphatic carbocycles. The molecule has 0 spiro atoms. The van der Waals surface area contributed by atoms with Crippen LogP contribution < -0.4 is 10.6 Å². The first-order valence-corrected chi connectivity index (χ1v) is 10.2. The number of hydrogen-bond donors (Lipinski definition) is 2. The molecule has 150 valence electrons. The van der Waals surface area contributed by atoms with Gasteiger partial charge < -0.3 is 10.6 Å². The minimum atomic E-state index is -0.214. The standard InChI is InChI=1S/C23H20BrN5O/c1-15-6-3-4-9-20(15)27-22-21(28-23(30)16-7-5-8-19(24)10-16)11-17(12-25-22)18-13-26-29(2)14-18/h3-14H,1-2H3,(H,25,27)(H,28,30). The summed E-state index contributed by atoms with van der Waals surface area (Å²) < 4.78 is 2.57. The minimum absolute atomic E-state index is 0.214. The highest BCUT2D eigenvalue weighted by atomic mass is 79.9. The van der Waals surface area contributed by atoms with Gasteiger partial charge in [-0.2, -0.15) is 5.10 Å². The van der Waals surface area contributed by atoms with E-state index in [1.165, 1.54) is 0 Å². The largest absolute Gasteiger partial charge is 0.338 e. The van der Waals surface area contributed by atoms with E-state index >= 15 is 0 Å². The monoisotopic (exact) mass is 461 g/mol. The molecule has 4 rings (SSSR count). The molecule has 0 aliphatic heterocycles. The summed E-state index contributed by atoms with van der Waals surface area (Å²) in [5, 5.41) is 10.6. The van der Waals surface area contributed by atoms with Crippen LogP contribution in [0.3, 0.4) is 0 Å². The number of anilines is 3. The average Bonchev–Trinajstić information content (AvgIpc) is 3.17. The Bertz CT molecular complexity index is 1220. The predicted molar refractivity (Wildman–Crippen MR) is 123 cm³/mol. The van der Waals surface area contributed by atoms with Gasteiger partial charge in [0.1, 0.15) is 0 Å². The molecule has 0 atom stereocenters. The van der Waals surface area contributed by atoms with E-state index in [2.05, 4.69) is 36.6 Å². The van der Waals surface area contributed by atoms with Gasteiger partial charge in [0.25, 0.3) is 5.91 Å². The summed E-state index contributed by atoms with van der Waals surface area (Å²) in [6.07, 6.45) is 5.45. The maximum atomic E-state index is 12.9. The number of para-hydroxylation sites is 1. The van der Waals surface area contributed by atoms with Crippen LogP contribution >= 0.6 is 15.9 Å². The zero-order chi connectivity index (χ0) is 21.1. The van der Waals surface area contributed by atoms with Crippen molar-refractivity contribution < 1.29 is 4.79 Å². The van der Waals surface area contributed by atoms with Crippen molar-refractivity contribution in [3.8, 4) is 11.1 Å². The fourth-order valence-corrected chi connectivity index (χ4v) is 3.45. The number of aromatic nitrogens is 3. The van der Waals surface area contributed by atoms with Crippen LogP contribution in [0.1, 0.15) is 15.9 Å². The van der Waals surface area contributed by atoms with Gasteiger partial charge in [-0.3, -0.25) is 9.48 Å². The van der Waals surface area contributed by atoms with Crippen molar-refractivity contribution >= 4 is 39.0 Å². The molecule has 0 saturated heterocycles. The topological polar surface area (TPSA) is 71.8 Å². The molecule has 0 radical (unpaired) electrons. The Morgan fingerprint density at radius 2 is 1.83 bits per heavy atom. The summed E-state index contributed by atoms with van der Waals surface area (Å²) in [5.41, 5.74) is 4.94. The molecule has 4 aromatic rings. The van der Waals surface area contributed by atoms with Gasteiger partial charge in [0.15, 0.2) is 5.82 Å². The molecule has 0 saturated carbocycles. The summed E-state index contributed by atoms with van der Waals surface area (Å²) >= 11 is 3.41. The number of benzene rings is 2. The lowest BCUT2D eigenvalue weighted by atomic mass is 10.1. The van der Waals surface area contributed by atoms with Gasteiger partial charge in [-0.15, -0.1) is 0 Å². The fraction of sp³-hybridized carbons (Fsp3) is 0.0870. The maximum Gasteiger partial charge on any atom is 0.255 e. The van der Waals surface area contributed by atoms with Crippen LogP contribution in [0, 0.1) is 6.92 Å². The highest BCUT2D eigenvalue weighted by Crippen LogP contribution is 2.30. The van der Waals surface area contributed by atoms with Crippen LogP contribution in [0.15, 0.2) is 77.7 Å². The molecule has 6 nitrogen and oxygen atoms in total.